The van der Waals surface area contributed by atoms with E-state index in [1.54, 1.807) is 0 Å². The van der Waals surface area contributed by atoms with Gasteiger partial charge >= 0.3 is 0 Å². The molecule has 60 valence electrons. The van der Waals surface area contributed by atoms with E-state index < -0.39 is 0 Å². The predicted octanol–water partition coefficient (Wildman–Crippen LogP) is 3.61. The molecule has 0 aromatic carbocycles. The zero-order chi connectivity index (χ0) is 7.61. The third-order valence-corrected chi connectivity index (χ3v) is 3.22. The highest BCUT2D eigenvalue weighted by Gasteiger charge is 2.30. The fraction of sp³-hybridized carbons (Fsp3) is 1.00. The van der Waals surface area contributed by atoms with Crippen LogP contribution in [0.25, 0.3) is 0 Å². The molecule has 1 fully saturated rings. The molecule has 10 heavy (non-hydrogen) atoms. The molecular weight excluding hydrogens is 120 g/mol. The second-order valence-electron chi connectivity index (χ2n) is 4.34. The largest absolute Gasteiger partial charge is 0.0651 e. The third-order valence-electron chi connectivity index (χ3n) is 3.22. The highest BCUT2D eigenvalue weighted by atomic mass is 14.4. The van der Waals surface area contributed by atoms with Gasteiger partial charge in [0.25, 0.3) is 0 Å². The maximum Gasteiger partial charge on any atom is -0.0326 e. The van der Waals surface area contributed by atoms with E-state index in [0.717, 1.165) is 5.92 Å². The van der Waals surface area contributed by atoms with E-state index in [1.807, 2.05) is 0 Å². The van der Waals surface area contributed by atoms with Gasteiger partial charge in [-0.25, -0.2) is 0 Å². The lowest BCUT2D eigenvalue weighted by atomic mass is 9.68. The molecule has 1 atom stereocenters. The van der Waals surface area contributed by atoms with Crippen molar-refractivity contribution in [2.75, 3.05) is 0 Å². The quantitative estimate of drug-likeness (QED) is 0.522. The maximum atomic E-state index is 2.43. The highest BCUT2D eigenvalue weighted by Crippen LogP contribution is 2.41. The van der Waals surface area contributed by atoms with Crippen LogP contribution in [0.3, 0.4) is 0 Å². The molecule has 1 aliphatic rings. The fourth-order valence-electron chi connectivity index (χ4n) is 2.32. The van der Waals surface area contributed by atoms with Gasteiger partial charge in [-0.1, -0.05) is 40.0 Å². The van der Waals surface area contributed by atoms with Crippen LogP contribution in [-0.4, -0.2) is 0 Å². The van der Waals surface area contributed by atoms with E-state index in [-0.39, 0.29) is 0 Å². The van der Waals surface area contributed by atoms with Crippen LogP contribution in [0.5, 0.6) is 0 Å². The second-order valence-corrected chi connectivity index (χ2v) is 4.34. The molecule has 0 unspecified atom stereocenters. The summed E-state index contributed by atoms with van der Waals surface area (Å²) in [6, 6.07) is 0. The minimum absolute atomic E-state index is 0.646. The van der Waals surface area contributed by atoms with Gasteiger partial charge in [0.15, 0.2) is 0 Å². The van der Waals surface area contributed by atoms with Crippen LogP contribution in [-0.2, 0) is 0 Å². The second kappa shape index (κ2) is 2.94. The summed E-state index contributed by atoms with van der Waals surface area (Å²) in [6.45, 7) is 7.19. The first-order chi connectivity index (χ1) is 4.67. The monoisotopic (exact) mass is 140 g/mol. The minimum atomic E-state index is 0.646. The Morgan fingerprint density at radius 1 is 1.30 bits per heavy atom. The molecule has 0 saturated heterocycles. The van der Waals surface area contributed by atoms with Crippen molar-refractivity contribution in [3.05, 3.63) is 0 Å². The van der Waals surface area contributed by atoms with Crippen LogP contribution in [0.1, 0.15) is 52.9 Å². The van der Waals surface area contributed by atoms with Gasteiger partial charge in [0.2, 0.25) is 0 Å². The van der Waals surface area contributed by atoms with Crippen LogP contribution in [0.2, 0.25) is 0 Å². The molecular formula is C10H20. The first-order valence-corrected chi connectivity index (χ1v) is 4.67. The molecule has 0 nitrogen and oxygen atoms in total. The Kier molecular flexibility index (Phi) is 2.38. The SMILES string of the molecule is CC[C@H]1CCCCC1(C)C. The summed E-state index contributed by atoms with van der Waals surface area (Å²) in [5.74, 6) is 1.00. The molecule has 0 heterocycles. The van der Waals surface area contributed by atoms with Gasteiger partial charge in [-0.15, -0.1) is 0 Å². The van der Waals surface area contributed by atoms with Crippen molar-refractivity contribution in [3.63, 3.8) is 0 Å². The Morgan fingerprint density at radius 2 is 2.00 bits per heavy atom. The van der Waals surface area contributed by atoms with Gasteiger partial charge in [0, 0.05) is 0 Å². The first kappa shape index (κ1) is 8.10. The van der Waals surface area contributed by atoms with E-state index in [1.165, 1.54) is 32.1 Å². The summed E-state index contributed by atoms with van der Waals surface area (Å²) in [4.78, 5) is 0. The molecule has 0 aliphatic heterocycles. The van der Waals surface area contributed by atoms with Gasteiger partial charge < -0.3 is 0 Å². The van der Waals surface area contributed by atoms with Crippen LogP contribution < -0.4 is 0 Å². The lowest BCUT2D eigenvalue weighted by molar-refractivity contribution is 0.134. The van der Waals surface area contributed by atoms with Crippen molar-refractivity contribution in [1.82, 2.24) is 0 Å². The number of hydrogen-bond donors (Lipinski definition) is 0. The Hall–Kier alpha value is 0. The summed E-state index contributed by atoms with van der Waals surface area (Å²) in [7, 11) is 0. The zero-order valence-electron chi connectivity index (χ0n) is 7.61. The standard InChI is InChI=1S/C10H20/c1-4-9-7-5-6-8-10(9,2)3/h9H,4-8H2,1-3H3/t9-/m0/s1. The summed E-state index contributed by atoms with van der Waals surface area (Å²) in [6.07, 6.45) is 7.24. The van der Waals surface area contributed by atoms with Crippen LogP contribution in [0, 0.1) is 11.3 Å². The van der Waals surface area contributed by atoms with Crippen LogP contribution >= 0.6 is 0 Å². The summed E-state index contributed by atoms with van der Waals surface area (Å²) < 4.78 is 0. The van der Waals surface area contributed by atoms with E-state index in [2.05, 4.69) is 20.8 Å². The lowest BCUT2D eigenvalue weighted by Gasteiger charge is -2.38. The van der Waals surface area contributed by atoms with E-state index in [4.69, 9.17) is 0 Å². The Balaban J connectivity index is 2.51. The van der Waals surface area contributed by atoms with Crippen molar-refractivity contribution >= 4 is 0 Å². The molecule has 0 amide bonds. The molecule has 0 aromatic rings. The fourth-order valence-corrected chi connectivity index (χ4v) is 2.32. The Bertz CT molecular complexity index is 103. The van der Waals surface area contributed by atoms with Crippen molar-refractivity contribution < 1.29 is 0 Å². The van der Waals surface area contributed by atoms with Crippen molar-refractivity contribution in [2.45, 2.75) is 52.9 Å². The van der Waals surface area contributed by atoms with Crippen molar-refractivity contribution in [3.8, 4) is 0 Å². The topological polar surface area (TPSA) is 0 Å². The normalized spacial score (nSPS) is 32.1. The third kappa shape index (κ3) is 1.53. The summed E-state index contributed by atoms with van der Waals surface area (Å²) >= 11 is 0. The number of hydrogen-bond acceptors (Lipinski definition) is 0. The molecule has 0 aromatic heterocycles. The molecule has 0 heteroatoms. The average Bonchev–Trinajstić information content (AvgIpc) is 1.87. The maximum absolute atomic E-state index is 2.43. The zero-order valence-corrected chi connectivity index (χ0v) is 7.61. The van der Waals surface area contributed by atoms with Crippen molar-refractivity contribution in [1.29, 1.82) is 0 Å². The average molecular weight is 140 g/mol. The van der Waals surface area contributed by atoms with E-state index in [9.17, 15) is 0 Å². The summed E-state index contributed by atoms with van der Waals surface area (Å²) in [5.41, 5.74) is 0.646. The highest BCUT2D eigenvalue weighted by molar-refractivity contribution is 4.81. The predicted molar refractivity (Wildman–Crippen MR) is 46.0 cm³/mol. The van der Waals surface area contributed by atoms with Crippen LogP contribution in [0.15, 0.2) is 0 Å². The van der Waals surface area contributed by atoms with Gasteiger partial charge in [-0.2, -0.15) is 0 Å². The molecule has 0 spiro atoms. The molecule has 1 aliphatic carbocycles. The smallest absolute Gasteiger partial charge is 0.0326 e. The molecule has 0 radical (unpaired) electrons. The van der Waals surface area contributed by atoms with Gasteiger partial charge in [-0.05, 0) is 24.2 Å². The summed E-state index contributed by atoms with van der Waals surface area (Å²) in [5, 5.41) is 0. The van der Waals surface area contributed by atoms with Gasteiger partial charge in [-0.3, -0.25) is 0 Å². The first-order valence-electron chi connectivity index (χ1n) is 4.67. The van der Waals surface area contributed by atoms with Crippen LogP contribution in [0.4, 0.5) is 0 Å². The Morgan fingerprint density at radius 3 is 2.40 bits per heavy atom. The Labute approximate surface area is 65.0 Å². The molecule has 0 N–H and O–H groups in total. The van der Waals surface area contributed by atoms with Crippen molar-refractivity contribution in [2.24, 2.45) is 11.3 Å². The van der Waals surface area contributed by atoms with Gasteiger partial charge in [0.1, 0.15) is 0 Å². The molecule has 1 rings (SSSR count). The minimum Gasteiger partial charge on any atom is -0.0651 e. The molecule has 1 saturated carbocycles. The molecule has 0 bridgehead atoms. The van der Waals surface area contributed by atoms with Gasteiger partial charge in [0.05, 0.1) is 0 Å². The number of rotatable bonds is 1. The lowest BCUT2D eigenvalue weighted by Crippen LogP contribution is -2.26. The van der Waals surface area contributed by atoms with E-state index in [0.29, 0.717) is 5.41 Å². The van der Waals surface area contributed by atoms with E-state index >= 15 is 0 Å².